The Kier molecular flexibility index (Phi) is 6.56. The van der Waals surface area contributed by atoms with Gasteiger partial charge in [-0.2, -0.15) is 13.2 Å². The number of likely N-dealkylation sites (N-methyl/N-ethyl adjacent to an activating group) is 1. The third-order valence-electron chi connectivity index (χ3n) is 3.86. The van der Waals surface area contributed by atoms with E-state index in [2.05, 4.69) is 4.74 Å². The number of hydrogen-bond acceptors (Lipinski definition) is 4. The molecule has 5 nitrogen and oxygen atoms in total. The molecule has 2 aromatic rings. The number of halogens is 4. The molecule has 0 atom stereocenters. The fourth-order valence-electron chi connectivity index (χ4n) is 2.40. The molecule has 1 heterocycles. The first-order chi connectivity index (χ1) is 13.0. The second-order valence-corrected chi connectivity index (χ2v) is 6.35. The molecule has 9 heteroatoms. The molecule has 0 aliphatic carbocycles. The number of nitrogens with zero attached hydrogens (tertiary/aromatic N) is 1. The van der Waals surface area contributed by atoms with Crippen molar-refractivity contribution in [2.75, 3.05) is 14.2 Å². The lowest BCUT2D eigenvalue weighted by atomic mass is 10.1. The Morgan fingerprint density at radius 2 is 1.96 bits per heavy atom. The average molecular weight is 416 g/mol. The number of carbonyl (C=O) groups excluding carboxylic acids is 2. The third-order valence-corrected chi connectivity index (χ3v) is 4.19. The molecule has 28 heavy (non-hydrogen) atoms. The van der Waals surface area contributed by atoms with E-state index >= 15 is 0 Å². The van der Waals surface area contributed by atoms with Gasteiger partial charge in [0.25, 0.3) is 0 Å². The molecule has 0 N–H and O–H groups in total. The van der Waals surface area contributed by atoms with E-state index in [1.165, 1.54) is 37.3 Å². The number of amides is 1. The number of carbonyl (C=O) groups is 2. The lowest BCUT2D eigenvalue weighted by Crippen LogP contribution is -2.23. The molecular weight excluding hydrogens is 399 g/mol. The van der Waals surface area contributed by atoms with E-state index in [0.717, 1.165) is 18.2 Å². The second kappa shape index (κ2) is 8.52. The summed E-state index contributed by atoms with van der Waals surface area (Å²) in [5, 5.41) is -0.414. The van der Waals surface area contributed by atoms with Crippen LogP contribution in [0.2, 0.25) is 5.02 Å². The molecule has 0 saturated heterocycles. The zero-order chi connectivity index (χ0) is 21.1. The summed E-state index contributed by atoms with van der Waals surface area (Å²) in [6.07, 6.45) is -2.19. The third kappa shape index (κ3) is 5.16. The number of esters is 1. The minimum Gasteiger partial charge on any atom is -0.465 e. The predicted octanol–water partition coefficient (Wildman–Crippen LogP) is 4.72. The smallest absolute Gasteiger partial charge is 0.417 e. The average Bonchev–Trinajstić information content (AvgIpc) is 2.99. The quantitative estimate of drug-likeness (QED) is 0.523. The first kappa shape index (κ1) is 21.6. The largest absolute Gasteiger partial charge is 0.465 e. The number of hydrogen-bond donors (Lipinski definition) is 0. The van der Waals surface area contributed by atoms with Crippen molar-refractivity contribution >= 4 is 29.6 Å². The van der Waals surface area contributed by atoms with Crippen LogP contribution in [-0.4, -0.2) is 30.9 Å². The van der Waals surface area contributed by atoms with Crippen LogP contribution >= 0.6 is 11.6 Å². The lowest BCUT2D eigenvalue weighted by molar-refractivity contribution is -0.137. The Morgan fingerprint density at radius 3 is 2.57 bits per heavy atom. The van der Waals surface area contributed by atoms with E-state index in [1.54, 1.807) is 6.92 Å². The van der Waals surface area contributed by atoms with E-state index in [0.29, 0.717) is 11.5 Å². The monoisotopic (exact) mass is 415 g/mol. The van der Waals surface area contributed by atoms with Gasteiger partial charge in [0.15, 0.2) is 0 Å². The highest BCUT2D eigenvalue weighted by atomic mass is 35.5. The van der Waals surface area contributed by atoms with Gasteiger partial charge in [0, 0.05) is 13.1 Å². The number of alkyl halides is 3. The first-order valence-corrected chi connectivity index (χ1v) is 8.38. The normalized spacial score (nSPS) is 11.7. The van der Waals surface area contributed by atoms with Crippen LogP contribution in [0.25, 0.3) is 6.08 Å². The van der Waals surface area contributed by atoms with E-state index in [4.69, 9.17) is 16.0 Å². The summed E-state index contributed by atoms with van der Waals surface area (Å²) in [5.74, 6) is -0.283. The van der Waals surface area contributed by atoms with Crippen molar-refractivity contribution in [2.45, 2.75) is 19.6 Å². The Labute approximate surface area is 164 Å². The van der Waals surface area contributed by atoms with Crippen LogP contribution in [0.1, 0.15) is 33.0 Å². The van der Waals surface area contributed by atoms with Crippen molar-refractivity contribution < 1.29 is 31.9 Å². The molecular formula is C19H17ClF3NO4. The molecule has 2 rings (SSSR count). The van der Waals surface area contributed by atoms with Crippen LogP contribution < -0.4 is 0 Å². The number of aryl methyl sites for hydroxylation is 1. The van der Waals surface area contributed by atoms with Gasteiger partial charge in [0.2, 0.25) is 5.91 Å². The maximum absolute atomic E-state index is 12.9. The maximum atomic E-state index is 12.9. The maximum Gasteiger partial charge on any atom is 0.417 e. The van der Waals surface area contributed by atoms with Gasteiger partial charge >= 0.3 is 12.1 Å². The van der Waals surface area contributed by atoms with Gasteiger partial charge in [0.1, 0.15) is 17.1 Å². The Balaban J connectivity index is 2.10. The van der Waals surface area contributed by atoms with Gasteiger partial charge in [-0.1, -0.05) is 17.7 Å². The zero-order valence-corrected chi connectivity index (χ0v) is 16.0. The van der Waals surface area contributed by atoms with Crippen LogP contribution in [0, 0.1) is 6.92 Å². The molecule has 0 fully saturated rings. The topological polar surface area (TPSA) is 59.8 Å². The minimum absolute atomic E-state index is 0.0649. The van der Waals surface area contributed by atoms with Crippen LogP contribution in [0.4, 0.5) is 13.2 Å². The number of furan rings is 1. The molecule has 0 radical (unpaired) electrons. The Bertz CT molecular complexity index is 918. The van der Waals surface area contributed by atoms with Crippen molar-refractivity contribution in [2.24, 2.45) is 0 Å². The summed E-state index contributed by atoms with van der Waals surface area (Å²) < 4.78 is 48.7. The fourth-order valence-corrected chi connectivity index (χ4v) is 2.63. The van der Waals surface area contributed by atoms with Gasteiger partial charge in [-0.15, -0.1) is 0 Å². The van der Waals surface area contributed by atoms with Crippen molar-refractivity contribution in [3.8, 4) is 0 Å². The van der Waals surface area contributed by atoms with Crippen molar-refractivity contribution in [3.63, 3.8) is 0 Å². The van der Waals surface area contributed by atoms with Crippen LogP contribution in [0.3, 0.4) is 0 Å². The molecule has 0 bridgehead atoms. The van der Waals surface area contributed by atoms with Gasteiger partial charge in [0.05, 0.1) is 24.2 Å². The van der Waals surface area contributed by atoms with Crippen LogP contribution in [-0.2, 0) is 22.3 Å². The summed E-state index contributed by atoms with van der Waals surface area (Å²) in [5.41, 5.74) is -0.534. The van der Waals surface area contributed by atoms with Gasteiger partial charge in [-0.05, 0) is 36.8 Å². The Morgan fingerprint density at radius 1 is 1.29 bits per heavy atom. The number of ether oxygens (including phenoxy) is 1. The number of rotatable bonds is 5. The van der Waals surface area contributed by atoms with Crippen LogP contribution in [0.5, 0.6) is 0 Å². The summed E-state index contributed by atoms with van der Waals surface area (Å²) in [4.78, 5) is 25.1. The summed E-state index contributed by atoms with van der Waals surface area (Å²) in [6.45, 7) is 1.66. The molecule has 0 spiro atoms. The van der Waals surface area contributed by atoms with Crippen molar-refractivity contribution in [3.05, 3.63) is 63.6 Å². The summed E-state index contributed by atoms with van der Waals surface area (Å²) in [6, 6.07) is 4.84. The molecule has 150 valence electrons. The molecule has 0 saturated carbocycles. The van der Waals surface area contributed by atoms with E-state index in [-0.39, 0.29) is 17.7 Å². The summed E-state index contributed by atoms with van der Waals surface area (Å²) in [7, 11) is 2.74. The second-order valence-electron chi connectivity index (χ2n) is 5.94. The summed E-state index contributed by atoms with van der Waals surface area (Å²) >= 11 is 5.57. The Hall–Kier alpha value is -2.74. The van der Waals surface area contributed by atoms with E-state index < -0.39 is 28.6 Å². The van der Waals surface area contributed by atoms with Gasteiger partial charge in [-0.25, -0.2) is 4.79 Å². The highest BCUT2D eigenvalue weighted by Gasteiger charge is 2.33. The molecule has 1 amide bonds. The first-order valence-electron chi connectivity index (χ1n) is 8.00. The zero-order valence-electron chi connectivity index (χ0n) is 15.3. The van der Waals surface area contributed by atoms with E-state index in [1.807, 2.05) is 0 Å². The molecule has 1 aromatic heterocycles. The minimum atomic E-state index is -4.59. The van der Waals surface area contributed by atoms with Crippen LogP contribution in [0.15, 0.2) is 34.8 Å². The standard InChI is InChI=1S/C19H17ClF3NO4/c1-11-14(18(26)27-3)9-13(28-11)10-24(2)17(25)7-5-12-4-6-16(20)15(8-12)19(21,22)23/h4-9H,10H2,1-3H3/b7-5+. The van der Waals surface area contributed by atoms with E-state index in [9.17, 15) is 22.8 Å². The molecule has 0 aliphatic heterocycles. The highest BCUT2D eigenvalue weighted by molar-refractivity contribution is 6.31. The number of benzene rings is 1. The van der Waals surface area contributed by atoms with Gasteiger partial charge in [-0.3, -0.25) is 4.79 Å². The SMILES string of the molecule is COC(=O)c1cc(CN(C)C(=O)/C=C/c2ccc(Cl)c(C(F)(F)F)c2)oc1C. The predicted molar refractivity (Wildman–Crippen MR) is 96.7 cm³/mol. The molecule has 1 aromatic carbocycles. The highest BCUT2D eigenvalue weighted by Crippen LogP contribution is 2.35. The fraction of sp³-hybridized carbons (Fsp3) is 0.263. The van der Waals surface area contributed by atoms with Gasteiger partial charge < -0.3 is 14.1 Å². The number of methoxy groups -OCH3 is 1. The lowest BCUT2D eigenvalue weighted by Gasteiger charge is -2.13. The molecule has 0 aliphatic rings. The van der Waals surface area contributed by atoms with Crippen molar-refractivity contribution in [1.29, 1.82) is 0 Å². The molecule has 0 unspecified atom stereocenters. The van der Waals surface area contributed by atoms with Crippen molar-refractivity contribution in [1.82, 2.24) is 4.90 Å².